The number of hydrogen-bond acceptors (Lipinski definition) is 5. The average molecular weight is 471 g/mol. The normalized spacial score (nSPS) is 13.2. The van der Waals surface area contributed by atoms with Crippen LogP contribution in [-0.4, -0.2) is 28.6 Å². The summed E-state index contributed by atoms with van der Waals surface area (Å²) < 4.78 is 7.44. The van der Waals surface area contributed by atoms with Gasteiger partial charge in [-0.2, -0.15) is 0 Å². The zero-order valence-electron chi connectivity index (χ0n) is 15.8. The van der Waals surface area contributed by atoms with E-state index in [1.165, 1.54) is 17.4 Å². The number of benzene rings is 1. The van der Waals surface area contributed by atoms with Crippen LogP contribution in [0.1, 0.15) is 22.2 Å². The highest BCUT2D eigenvalue weighted by Gasteiger charge is 2.20. The van der Waals surface area contributed by atoms with Crippen LogP contribution in [-0.2, 0) is 11.3 Å². The molecule has 1 aromatic carbocycles. The van der Waals surface area contributed by atoms with Gasteiger partial charge in [0.1, 0.15) is 9.71 Å². The fourth-order valence-corrected chi connectivity index (χ4v) is 5.19. The lowest BCUT2D eigenvalue weighted by atomic mass is 10.2. The lowest BCUT2D eigenvalue weighted by Crippen LogP contribution is -2.18. The molecule has 5 nitrogen and oxygen atoms in total. The van der Waals surface area contributed by atoms with Crippen molar-refractivity contribution in [3.8, 4) is 5.69 Å². The number of hydrogen-bond donors (Lipinski definition) is 0. The molecular weight excluding hydrogens is 452 g/mol. The van der Waals surface area contributed by atoms with E-state index in [2.05, 4.69) is 33.1 Å². The fourth-order valence-electron chi connectivity index (χ4n) is 3.23. The number of nitrogens with zero attached hydrogens (tertiary/aromatic N) is 2. The highest BCUT2D eigenvalue weighted by molar-refractivity contribution is 9.10. The van der Waals surface area contributed by atoms with Crippen molar-refractivity contribution < 1.29 is 9.53 Å². The van der Waals surface area contributed by atoms with Crippen molar-refractivity contribution in [1.29, 1.82) is 0 Å². The van der Waals surface area contributed by atoms with Gasteiger partial charge in [-0.05, 0) is 58.9 Å². The molecule has 0 bridgehead atoms. The molecule has 0 spiro atoms. The Morgan fingerprint density at radius 3 is 2.66 bits per heavy atom. The first-order chi connectivity index (χ1) is 14.1. The average Bonchev–Trinajstić information content (AvgIpc) is 3.06. The van der Waals surface area contributed by atoms with Gasteiger partial charge in [0, 0.05) is 24.5 Å². The first-order valence-corrected chi connectivity index (χ1v) is 10.9. The van der Waals surface area contributed by atoms with Gasteiger partial charge < -0.3 is 9.64 Å². The quantitative estimate of drug-likeness (QED) is 0.498. The Balaban J connectivity index is 1.71. The van der Waals surface area contributed by atoms with Crippen LogP contribution in [0.4, 0.5) is 0 Å². The summed E-state index contributed by atoms with van der Waals surface area (Å²) in [5.41, 5.74) is 1.79. The number of rotatable bonds is 5. The second-order valence-corrected chi connectivity index (χ2v) is 8.35. The first-order valence-electron chi connectivity index (χ1n) is 9.26. The van der Waals surface area contributed by atoms with Crippen molar-refractivity contribution in [3.05, 3.63) is 86.1 Å². The SMILES string of the molecule is CCOC(=O)c1sc2c(ccc(=O)n2-c2ccc(CN3C=CC=CC3)cc2)c1Br. The van der Waals surface area contributed by atoms with Gasteiger partial charge in [0.2, 0.25) is 0 Å². The zero-order chi connectivity index (χ0) is 20.4. The molecule has 29 heavy (non-hydrogen) atoms. The van der Waals surface area contributed by atoms with Crippen molar-refractivity contribution in [3.63, 3.8) is 0 Å². The monoisotopic (exact) mass is 470 g/mol. The highest BCUT2D eigenvalue weighted by Crippen LogP contribution is 2.36. The van der Waals surface area contributed by atoms with Crippen LogP contribution in [0.2, 0.25) is 0 Å². The third-order valence-electron chi connectivity index (χ3n) is 4.61. The van der Waals surface area contributed by atoms with Gasteiger partial charge in [-0.3, -0.25) is 9.36 Å². The molecule has 1 aliphatic heterocycles. The molecule has 3 aromatic rings. The standard InChI is InChI=1S/C22H19BrN2O3S/c1-2-28-22(27)20-19(23)17-10-11-18(26)25(21(17)29-20)16-8-6-15(7-9-16)14-24-12-4-3-5-13-24/h3-12H,2,13-14H2,1H3. The molecule has 4 rings (SSSR count). The summed E-state index contributed by atoms with van der Waals surface area (Å²) in [6.45, 7) is 3.76. The van der Waals surface area contributed by atoms with Crippen molar-refractivity contribution in [1.82, 2.24) is 9.47 Å². The molecule has 0 aliphatic carbocycles. The molecule has 2 aromatic heterocycles. The van der Waals surface area contributed by atoms with E-state index in [-0.39, 0.29) is 5.56 Å². The van der Waals surface area contributed by atoms with Crippen LogP contribution >= 0.6 is 27.3 Å². The Hall–Kier alpha value is -2.64. The molecule has 0 atom stereocenters. The van der Waals surface area contributed by atoms with Crippen molar-refractivity contribution in [2.75, 3.05) is 13.2 Å². The van der Waals surface area contributed by atoms with E-state index in [4.69, 9.17) is 4.74 Å². The molecule has 3 heterocycles. The minimum absolute atomic E-state index is 0.140. The minimum atomic E-state index is -0.390. The Morgan fingerprint density at radius 2 is 1.97 bits per heavy atom. The molecule has 0 amide bonds. The molecular formula is C22H19BrN2O3S. The number of halogens is 1. The van der Waals surface area contributed by atoms with E-state index < -0.39 is 5.97 Å². The fraction of sp³-hybridized carbons (Fsp3) is 0.182. The molecule has 0 fully saturated rings. The largest absolute Gasteiger partial charge is 0.462 e. The van der Waals surface area contributed by atoms with E-state index in [0.29, 0.717) is 20.8 Å². The summed E-state index contributed by atoms with van der Waals surface area (Å²) in [5, 5.41) is 0.812. The lowest BCUT2D eigenvalue weighted by Gasteiger charge is -2.20. The Morgan fingerprint density at radius 1 is 1.17 bits per heavy atom. The summed E-state index contributed by atoms with van der Waals surface area (Å²) in [6.07, 6.45) is 8.24. The Labute approximate surface area is 180 Å². The number of esters is 1. The Kier molecular flexibility index (Phi) is 5.69. The number of carbonyl (C=O) groups excluding carboxylic acids is 1. The van der Waals surface area contributed by atoms with Crippen molar-refractivity contribution in [2.45, 2.75) is 13.5 Å². The van der Waals surface area contributed by atoms with Gasteiger partial charge >= 0.3 is 5.97 Å². The number of allylic oxidation sites excluding steroid dienone is 2. The molecule has 0 N–H and O–H groups in total. The smallest absolute Gasteiger partial charge is 0.349 e. The molecule has 0 unspecified atom stereocenters. The second-order valence-electron chi connectivity index (χ2n) is 6.56. The van der Waals surface area contributed by atoms with Crippen LogP contribution < -0.4 is 5.56 Å². The van der Waals surface area contributed by atoms with E-state index in [1.54, 1.807) is 17.6 Å². The zero-order valence-corrected chi connectivity index (χ0v) is 18.2. The molecule has 148 valence electrons. The number of ether oxygens (including phenoxy) is 1. The molecule has 1 aliphatic rings. The van der Waals surface area contributed by atoms with Gasteiger partial charge in [-0.15, -0.1) is 11.3 Å². The highest BCUT2D eigenvalue weighted by atomic mass is 79.9. The van der Waals surface area contributed by atoms with Crippen molar-refractivity contribution >= 4 is 43.5 Å². The van der Waals surface area contributed by atoms with E-state index >= 15 is 0 Å². The van der Waals surface area contributed by atoms with E-state index in [9.17, 15) is 9.59 Å². The summed E-state index contributed by atoms with van der Waals surface area (Å²) in [7, 11) is 0. The van der Waals surface area contributed by atoms with Crippen LogP contribution in [0.5, 0.6) is 0 Å². The van der Waals surface area contributed by atoms with Gasteiger partial charge in [-0.25, -0.2) is 4.79 Å². The summed E-state index contributed by atoms with van der Waals surface area (Å²) >= 11 is 4.75. The number of carbonyl (C=O) groups is 1. The summed E-state index contributed by atoms with van der Waals surface area (Å²) in [4.78, 5) is 28.3. The molecule has 0 saturated heterocycles. The maximum atomic E-state index is 12.7. The number of pyridine rings is 1. The van der Waals surface area contributed by atoms with Crippen LogP contribution in [0.3, 0.4) is 0 Å². The third kappa shape index (κ3) is 3.93. The lowest BCUT2D eigenvalue weighted by molar-refractivity contribution is 0.0531. The molecule has 0 radical (unpaired) electrons. The number of fused-ring (bicyclic) bond motifs is 1. The maximum Gasteiger partial charge on any atom is 0.349 e. The van der Waals surface area contributed by atoms with Gasteiger partial charge in [-0.1, -0.05) is 24.3 Å². The van der Waals surface area contributed by atoms with Crippen LogP contribution in [0.15, 0.2) is 70.1 Å². The predicted molar refractivity (Wildman–Crippen MR) is 120 cm³/mol. The minimum Gasteiger partial charge on any atom is -0.462 e. The van der Waals surface area contributed by atoms with E-state index in [1.807, 2.05) is 36.4 Å². The predicted octanol–water partition coefficient (Wildman–Crippen LogP) is 4.88. The van der Waals surface area contributed by atoms with Crippen LogP contribution in [0.25, 0.3) is 15.9 Å². The van der Waals surface area contributed by atoms with E-state index in [0.717, 1.165) is 29.7 Å². The van der Waals surface area contributed by atoms with Crippen LogP contribution in [0, 0.1) is 0 Å². The number of aromatic nitrogens is 1. The maximum absolute atomic E-state index is 12.7. The van der Waals surface area contributed by atoms with Gasteiger partial charge in [0.15, 0.2) is 0 Å². The number of thiophene rings is 1. The van der Waals surface area contributed by atoms with Crippen molar-refractivity contribution in [2.24, 2.45) is 0 Å². The molecule has 7 heteroatoms. The first kappa shape index (κ1) is 19.7. The Bertz CT molecular complexity index is 1180. The summed E-state index contributed by atoms with van der Waals surface area (Å²) in [5.74, 6) is -0.390. The van der Waals surface area contributed by atoms with Gasteiger partial charge in [0.05, 0.1) is 16.8 Å². The second kappa shape index (κ2) is 8.39. The third-order valence-corrected chi connectivity index (χ3v) is 6.86. The molecule has 0 saturated carbocycles. The van der Waals surface area contributed by atoms with Gasteiger partial charge in [0.25, 0.3) is 5.56 Å². The summed E-state index contributed by atoms with van der Waals surface area (Å²) in [6, 6.07) is 11.2. The topological polar surface area (TPSA) is 51.5 Å².